The first-order chi connectivity index (χ1) is 14.5. The zero-order valence-electron chi connectivity index (χ0n) is 16.9. The van der Waals surface area contributed by atoms with E-state index in [1.165, 1.54) is 19.1 Å². The molecule has 0 bridgehead atoms. The topological polar surface area (TPSA) is 55.4 Å². The van der Waals surface area contributed by atoms with Crippen LogP contribution in [0.1, 0.15) is 42.5 Å². The highest BCUT2D eigenvalue weighted by molar-refractivity contribution is 5.87. The van der Waals surface area contributed by atoms with Crippen LogP contribution in [0.5, 0.6) is 0 Å². The molecule has 0 aliphatic rings. The predicted octanol–water partition coefficient (Wildman–Crippen LogP) is 4.77. The summed E-state index contributed by atoms with van der Waals surface area (Å²) in [4.78, 5) is 25.6. The molecule has 3 aromatic carbocycles. The van der Waals surface area contributed by atoms with E-state index in [9.17, 15) is 14.0 Å². The van der Waals surface area contributed by atoms with Gasteiger partial charge in [0.2, 0.25) is 0 Å². The van der Waals surface area contributed by atoms with Gasteiger partial charge in [0.05, 0.1) is 6.04 Å². The highest BCUT2D eigenvalue weighted by Crippen LogP contribution is 2.26. The lowest BCUT2D eigenvalue weighted by molar-refractivity contribution is -0.155. The molecule has 30 heavy (non-hydrogen) atoms. The molecule has 0 saturated heterocycles. The summed E-state index contributed by atoms with van der Waals surface area (Å²) >= 11 is 0. The van der Waals surface area contributed by atoms with Crippen LogP contribution in [-0.2, 0) is 14.3 Å². The number of hydrogen-bond acceptors (Lipinski definition) is 3. The highest BCUT2D eigenvalue weighted by Gasteiger charge is 2.28. The van der Waals surface area contributed by atoms with Crippen molar-refractivity contribution in [3.8, 4) is 0 Å². The van der Waals surface area contributed by atoms with Crippen LogP contribution in [0.15, 0.2) is 84.9 Å². The fourth-order valence-corrected chi connectivity index (χ4v) is 3.22. The first kappa shape index (κ1) is 21.2. The van der Waals surface area contributed by atoms with E-state index in [-0.39, 0.29) is 11.9 Å². The molecule has 0 aliphatic heterocycles. The minimum atomic E-state index is -0.977. The Kier molecular flexibility index (Phi) is 6.96. The molecule has 0 unspecified atom stereocenters. The van der Waals surface area contributed by atoms with Gasteiger partial charge < -0.3 is 10.1 Å². The van der Waals surface area contributed by atoms with Crippen LogP contribution in [0.3, 0.4) is 0 Å². The van der Waals surface area contributed by atoms with Gasteiger partial charge in [-0.05, 0) is 42.7 Å². The number of nitrogens with one attached hydrogen (secondary N) is 1. The second kappa shape index (κ2) is 9.83. The number of esters is 1. The number of carbonyl (C=O) groups is 2. The van der Waals surface area contributed by atoms with Crippen molar-refractivity contribution in [2.45, 2.75) is 31.9 Å². The van der Waals surface area contributed by atoms with Crippen molar-refractivity contribution < 1.29 is 18.7 Å². The third-order valence-corrected chi connectivity index (χ3v) is 4.89. The summed E-state index contributed by atoms with van der Waals surface area (Å²) in [7, 11) is 0. The number of halogens is 1. The maximum absolute atomic E-state index is 13.1. The van der Waals surface area contributed by atoms with Crippen molar-refractivity contribution >= 4 is 11.9 Å². The normalized spacial score (nSPS) is 12.8. The third kappa shape index (κ3) is 5.32. The number of rotatable bonds is 7. The average Bonchev–Trinajstić information content (AvgIpc) is 2.75. The predicted molar refractivity (Wildman–Crippen MR) is 113 cm³/mol. The molecule has 0 heterocycles. The molecule has 0 radical (unpaired) electrons. The molecule has 0 saturated carbocycles. The quantitative estimate of drug-likeness (QED) is 0.576. The highest BCUT2D eigenvalue weighted by atomic mass is 19.1. The van der Waals surface area contributed by atoms with E-state index in [0.717, 1.165) is 16.7 Å². The van der Waals surface area contributed by atoms with Gasteiger partial charge in [-0.3, -0.25) is 9.59 Å². The zero-order chi connectivity index (χ0) is 21.5. The van der Waals surface area contributed by atoms with Crippen LogP contribution in [0.25, 0.3) is 0 Å². The molecule has 4 nitrogen and oxygen atoms in total. The lowest BCUT2D eigenvalue weighted by atomic mass is 9.91. The van der Waals surface area contributed by atoms with E-state index < -0.39 is 23.9 Å². The fourth-order valence-electron chi connectivity index (χ4n) is 3.22. The van der Waals surface area contributed by atoms with Crippen LogP contribution >= 0.6 is 0 Å². The summed E-state index contributed by atoms with van der Waals surface area (Å²) in [5.41, 5.74) is 2.34. The van der Waals surface area contributed by atoms with Gasteiger partial charge in [0.25, 0.3) is 5.91 Å². The second-order valence-electron chi connectivity index (χ2n) is 7.12. The van der Waals surface area contributed by atoms with E-state index >= 15 is 0 Å². The van der Waals surface area contributed by atoms with Crippen LogP contribution in [0.2, 0.25) is 0 Å². The number of hydrogen-bond donors (Lipinski definition) is 1. The van der Waals surface area contributed by atoms with E-state index in [1.807, 2.05) is 60.7 Å². The smallest absolute Gasteiger partial charge is 0.318 e. The molecule has 0 spiro atoms. The lowest BCUT2D eigenvalue weighted by Crippen LogP contribution is -2.38. The minimum absolute atomic E-state index is 0.340. The SMILES string of the molecule is C[C@@H](OC(=O)C(c1ccccc1)c1ccccc1)C(=O)N[C@H](C)c1ccc(F)cc1. The summed E-state index contributed by atoms with van der Waals surface area (Å²) in [5.74, 6) is -1.88. The van der Waals surface area contributed by atoms with E-state index in [2.05, 4.69) is 5.32 Å². The third-order valence-electron chi connectivity index (χ3n) is 4.89. The van der Waals surface area contributed by atoms with Crippen LogP contribution in [0, 0.1) is 5.82 Å². The Labute approximate surface area is 175 Å². The maximum Gasteiger partial charge on any atom is 0.318 e. The molecule has 0 aliphatic carbocycles. The Balaban J connectivity index is 1.70. The van der Waals surface area contributed by atoms with Gasteiger partial charge in [0.1, 0.15) is 11.7 Å². The first-order valence-electron chi connectivity index (χ1n) is 9.82. The second-order valence-corrected chi connectivity index (χ2v) is 7.12. The van der Waals surface area contributed by atoms with Crippen LogP contribution in [0.4, 0.5) is 4.39 Å². The van der Waals surface area contributed by atoms with Gasteiger partial charge in [-0.2, -0.15) is 0 Å². The fraction of sp³-hybridized carbons (Fsp3) is 0.200. The zero-order valence-corrected chi connectivity index (χ0v) is 16.9. The minimum Gasteiger partial charge on any atom is -0.452 e. The Morgan fingerprint density at radius 3 is 1.77 bits per heavy atom. The molecule has 3 rings (SSSR count). The lowest BCUT2D eigenvalue weighted by Gasteiger charge is -2.22. The van der Waals surface area contributed by atoms with Crippen LogP contribution < -0.4 is 5.32 Å². The maximum atomic E-state index is 13.1. The summed E-state index contributed by atoms with van der Waals surface area (Å²) < 4.78 is 18.6. The van der Waals surface area contributed by atoms with Gasteiger partial charge >= 0.3 is 5.97 Å². The number of carbonyl (C=O) groups excluding carboxylic acids is 2. The first-order valence-corrected chi connectivity index (χ1v) is 9.82. The molecular weight excluding hydrogens is 381 g/mol. The Morgan fingerprint density at radius 2 is 1.27 bits per heavy atom. The summed E-state index contributed by atoms with van der Waals surface area (Å²) in [6.07, 6.45) is -0.977. The number of ether oxygens (including phenoxy) is 1. The molecule has 0 fully saturated rings. The largest absolute Gasteiger partial charge is 0.452 e. The molecular formula is C25H24FNO3. The summed E-state index contributed by atoms with van der Waals surface area (Å²) in [5, 5.41) is 2.80. The molecule has 1 amide bonds. The van der Waals surface area contributed by atoms with Crippen molar-refractivity contribution in [3.05, 3.63) is 107 Å². The van der Waals surface area contributed by atoms with Gasteiger partial charge in [0, 0.05) is 0 Å². The molecule has 1 N–H and O–H groups in total. The monoisotopic (exact) mass is 405 g/mol. The molecule has 5 heteroatoms. The van der Waals surface area contributed by atoms with Gasteiger partial charge in [-0.25, -0.2) is 4.39 Å². The summed E-state index contributed by atoms with van der Waals surface area (Å²) in [6, 6.07) is 24.2. The number of benzene rings is 3. The van der Waals surface area contributed by atoms with Crippen molar-refractivity contribution in [2.75, 3.05) is 0 Å². The van der Waals surface area contributed by atoms with Gasteiger partial charge in [-0.1, -0.05) is 72.8 Å². The van der Waals surface area contributed by atoms with Gasteiger partial charge in [0.15, 0.2) is 6.10 Å². The molecule has 2 atom stereocenters. The van der Waals surface area contributed by atoms with E-state index in [1.54, 1.807) is 19.1 Å². The van der Waals surface area contributed by atoms with E-state index in [0.29, 0.717) is 0 Å². The van der Waals surface area contributed by atoms with Crippen molar-refractivity contribution in [1.29, 1.82) is 0 Å². The molecule has 0 aromatic heterocycles. The van der Waals surface area contributed by atoms with Crippen molar-refractivity contribution in [3.63, 3.8) is 0 Å². The Morgan fingerprint density at radius 1 is 0.767 bits per heavy atom. The standard InChI is InChI=1S/C25H24FNO3/c1-17(19-13-15-22(26)16-14-19)27-24(28)18(2)30-25(29)23(20-9-5-3-6-10-20)21-11-7-4-8-12-21/h3-18,23H,1-2H3,(H,27,28)/t17-,18-/m1/s1. The van der Waals surface area contributed by atoms with Crippen molar-refractivity contribution in [2.24, 2.45) is 0 Å². The van der Waals surface area contributed by atoms with Crippen molar-refractivity contribution in [1.82, 2.24) is 5.32 Å². The Hall–Kier alpha value is -3.47. The molecule has 3 aromatic rings. The van der Waals surface area contributed by atoms with Gasteiger partial charge in [-0.15, -0.1) is 0 Å². The molecule has 154 valence electrons. The van der Waals surface area contributed by atoms with Crippen LogP contribution in [-0.4, -0.2) is 18.0 Å². The Bertz CT molecular complexity index is 935. The summed E-state index contributed by atoms with van der Waals surface area (Å²) in [6.45, 7) is 3.33. The van der Waals surface area contributed by atoms with E-state index in [4.69, 9.17) is 4.74 Å². The average molecular weight is 405 g/mol. The number of amides is 1.